The van der Waals surface area contributed by atoms with Gasteiger partial charge in [-0.15, -0.1) is 11.3 Å². The van der Waals surface area contributed by atoms with Crippen molar-refractivity contribution in [2.24, 2.45) is 17.3 Å². The third-order valence-electron chi connectivity index (χ3n) is 5.24. The van der Waals surface area contributed by atoms with Crippen molar-refractivity contribution >= 4 is 28.3 Å². The van der Waals surface area contributed by atoms with Gasteiger partial charge in [-0.25, -0.2) is 4.98 Å². The van der Waals surface area contributed by atoms with E-state index in [4.69, 9.17) is 0 Å². The number of thiazole rings is 1. The van der Waals surface area contributed by atoms with Crippen molar-refractivity contribution in [2.75, 3.05) is 31.1 Å². The molecule has 1 aliphatic heterocycles. The highest BCUT2D eigenvalue weighted by molar-refractivity contribution is 7.15. The zero-order valence-corrected chi connectivity index (χ0v) is 14.8. The van der Waals surface area contributed by atoms with Gasteiger partial charge in [0, 0.05) is 31.1 Å². The normalized spacial score (nSPS) is 26.3. The molecule has 1 N–H and O–H groups in total. The van der Waals surface area contributed by atoms with Gasteiger partial charge in [-0.05, 0) is 19.3 Å². The Hall–Kier alpha value is -1.63. The van der Waals surface area contributed by atoms with Crippen molar-refractivity contribution in [3.05, 3.63) is 10.6 Å². The van der Waals surface area contributed by atoms with Crippen LogP contribution in [0.25, 0.3) is 0 Å². The molecule has 1 aromatic heterocycles. The van der Waals surface area contributed by atoms with E-state index in [1.54, 1.807) is 11.3 Å². The lowest BCUT2D eigenvalue weighted by Gasteiger charge is -2.35. The quantitative estimate of drug-likeness (QED) is 0.910. The van der Waals surface area contributed by atoms with E-state index in [0.717, 1.165) is 23.9 Å². The fraction of sp³-hybridized carbons (Fsp3) is 0.688. The predicted molar refractivity (Wildman–Crippen MR) is 88.8 cm³/mol. The maximum Gasteiger partial charge on any atom is 0.307 e. The molecule has 126 valence electrons. The summed E-state index contributed by atoms with van der Waals surface area (Å²) in [6.45, 7) is 10.6. The van der Waals surface area contributed by atoms with E-state index in [1.807, 2.05) is 25.7 Å². The SMILES string of the molecule is Cc1nc(N2CCN(C(=O)[C@@H]3[C@H](C(=O)O)C3(C)C)CC2)sc1C. The first-order valence-corrected chi connectivity index (χ1v) is 8.75. The zero-order valence-electron chi connectivity index (χ0n) is 14.0. The number of carboxylic acids is 1. The van der Waals surface area contributed by atoms with Gasteiger partial charge in [0.05, 0.1) is 17.5 Å². The summed E-state index contributed by atoms with van der Waals surface area (Å²) in [6, 6.07) is 0. The van der Waals surface area contributed by atoms with Crippen LogP contribution in [0, 0.1) is 31.1 Å². The first-order valence-electron chi connectivity index (χ1n) is 7.94. The van der Waals surface area contributed by atoms with Crippen molar-refractivity contribution in [3.63, 3.8) is 0 Å². The van der Waals surface area contributed by atoms with E-state index in [9.17, 15) is 14.7 Å². The molecular formula is C16H23N3O3S. The number of aromatic nitrogens is 1. The van der Waals surface area contributed by atoms with Crippen LogP contribution in [0.2, 0.25) is 0 Å². The molecule has 7 heteroatoms. The van der Waals surface area contributed by atoms with Crippen molar-refractivity contribution in [2.45, 2.75) is 27.7 Å². The number of carboxylic acid groups (broad SMARTS) is 1. The summed E-state index contributed by atoms with van der Waals surface area (Å²) in [5, 5.41) is 10.3. The average Bonchev–Trinajstić information content (AvgIpc) is 2.92. The molecule has 0 spiro atoms. The van der Waals surface area contributed by atoms with Gasteiger partial charge in [-0.3, -0.25) is 9.59 Å². The van der Waals surface area contributed by atoms with E-state index in [0.29, 0.717) is 13.1 Å². The maximum atomic E-state index is 12.6. The Bertz CT molecular complexity index is 627. The number of carbonyl (C=O) groups excluding carboxylic acids is 1. The van der Waals surface area contributed by atoms with E-state index < -0.39 is 17.3 Å². The molecule has 1 aliphatic carbocycles. The minimum atomic E-state index is -0.860. The van der Waals surface area contributed by atoms with E-state index in [2.05, 4.69) is 16.8 Å². The Kier molecular flexibility index (Phi) is 3.86. The Labute approximate surface area is 140 Å². The molecule has 0 aromatic carbocycles. The van der Waals surface area contributed by atoms with Gasteiger partial charge in [0.1, 0.15) is 0 Å². The van der Waals surface area contributed by atoms with Crippen molar-refractivity contribution < 1.29 is 14.7 Å². The molecule has 1 aromatic rings. The highest BCUT2D eigenvalue weighted by atomic mass is 32.1. The summed E-state index contributed by atoms with van der Waals surface area (Å²) in [5.41, 5.74) is 0.636. The van der Waals surface area contributed by atoms with Crippen LogP contribution in [0.1, 0.15) is 24.4 Å². The molecule has 23 heavy (non-hydrogen) atoms. The Morgan fingerprint density at radius 2 is 1.78 bits per heavy atom. The van der Waals surface area contributed by atoms with E-state index in [1.165, 1.54) is 4.88 Å². The van der Waals surface area contributed by atoms with Crippen LogP contribution in [-0.4, -0.2) is 53.0 Å². The first-order chi connectivity index (χ1) is 10.7. The Balaban J connectivity index is 1.61. The summed E-state index contributed by atoms with van der Waals surface area (Å²) in [5.74, 6) is -1.79. The molecule has 2 atom stereocenters. The fourth-order valence-electron chi connectivity index (χ4n) is 3.47. The number of hydrogen-bond donors (Lipinski definition) is 1. The highest BCUT2D eigenvalue weighted by Gasteiger charge is 2.66. The van der Waals surface area contributed by atoms with Gasteiger partial charge in [0.25, 0.3) is 0 Å². The highest BCUT2D eigenvalue weighted by Crippen LogP contribution is 2.59. The largest absolute Gasteiger partial charge is 0.481 e. The number of nitrogens with zero attached hydrogens (tertiary/aromatic N) is 3. The zero-order chi connectivity index (χ0) is 16.9. The molecule has 2 heterocycles. The molecule has 0 unspecified atom stereocenters. The average molecular weight is 337 g/mol. The van der Waals surface area contributed by atoms with E-state index >= 15 is 0 Å². The summed E-state index contributed by atoms with van der Waals surface area (Å²) in [6.07, 6.45) is 0. The minimum absolute atomic E-state index is 0.00597. The lowest BCUT2D eigenvalue weighted by atomic mass is 10.1. The van der Waals surface area contributed by atoms with Crippen molar-refractivity contribution in [1.82, 2.24) is 9.88 Å². The predicted octanol–water partition coefficient (Wildman–Crippen LogP) is 1.77. The monoisotopic (exact) mass is 337 g/mol. The smallest absolute Gasteiger partial charge is 0.307 e. The fourth-order valence-corrected chi connectivity index (χ4v) is 4.43. The standard InChI is InChI=1S/C16H23N3O3S/c1-9-10(2)23-15(17-9)19-7-5-18(6-8-19)13(20)11-12(14(21)22)16(11,3)4/h11-12H,5-8H2,1-4H3,(H,21,22)/t11-,12+/m0/s1. The first kappa shape index (κ1) is 16.2. The molecule has 1 saturated carbocycles. The molecular weight excluding hydrogens is 314 g/mol. The molecule has 0 radical (unpaired) electrons. The van der Waals surface area contributed by atoms with Crippen LogP contribution < -0.4 is 4.90 Å². The molecule has 0 bridgehead atoms. The van der Waals surface area contributed by atoms with Crippen LogP contribution in [-0.2, 0) is 9.59 Å². The maximum absolute atomic E-state index is 12.6. The van der Waals surface area contributed by atoms with Crippen LogP contribution in [0.15, 0.2) is 0 Å². The number of rotatable bonds is 3. The van der Waals surface area contributed by atoms with Crippen molar-refractivity contribution in [1.29, 1.82) is 0 Å². The van der Waals surface area contributed by atoms with Gasteiger partial charge in [-0.1, -0.05) is 13.8 Å². The summed E-state index contributed by atoms with van der Waals surface area (Å²) in [4.78, 5) is 33.7. The lowest BCUT2D eigenvalue weighted by Crippen LogP contribution is -2.49. The number of carbonyl (C=O) groups is 2. The second-order valence-electron chi connectivity index (χ2n) is 7.07. The molecule has 6 nitrogen and oxygen atoms in total. The summed E-state index contributed by atoms with van der Waals surface area (Å²) >= 11 is 1.69. The number of anilines is 1. The summed E-state index contributed by atoms with van der Waals surface area (Å²) < 4.78 is 0. The second-order valence-corrected chi connectivity index (χ2v) is 8.25. The number of aryl methyl sites for hydroxylation is 2. The topological polar surface area (TPSA) is 73.7 Å². The third-order valence-corrected chi connectivity index (χ3v) is 6.37. The van der Waals surface area contributed by atoms with Crippen LogP contribution in [0.3, 0.4) is 0 Å². The van der Waals surface area contributed by atoms with Crippen molar-refractivity contribution in [3.8, 4) is 0 Å². The molecule has 3 rings (SSSR count). The number of hydrogen-bond acceptors (Lipinski definition) is 5. The van der Waals surface area contributed by atoms with Crippen LogP contribution in [0.4, 0.5) is 5.13 Å². The van der Waals surface area contributed by atoms with Gasteiger partial charge in [0.2, 0.25) is 5.91 Å². The molecule has 1 amide bonds. The third kappa shape index (κ3) is 2.71. The Morgan fingerprint density at radius 1 is 1.17 bits per heavy atom. The minimum Gasteiger partial charge on any atom is -0.481 e. The van der Waals surface area contributed by atoms with Gasteiger partial charge in [0.15, 0.2) is 5.13 Å². The molecule has 1 saturated heterocycles. The molecule has 2 aliphatic rings. The Morgan fingerprint density at radius 3 is 2.22 bits per heavy atom. The number of piperazine rings is 1. The van der Waals surface area contributed by atoms with Gasteiger partial charge >= 0.3 is 5.97 Å². The summed E-state index contributed by atoms with van der Waals surface area (Å²) in [7, 11) is 0. The second kappa shape index (κ2) is 5.47. The van der Waals surface area contributed by atoms with Gasteiger partial charge < -0.3 is 14.9 Å². The molecule has 2 fully saturated rings. The number of aliphatic carboxylic acids is 1. The van der Waals surface area contributed by atoms with Crippen LogP contribution in [0.5, 0.6) is 0 Å². The van der Waals surface area contributed by atoms with Crippen LogP contribution >= 0.6 is 11.3 Å². The lowest BCUT2D eigenvalue weighted by molar-refractivity contribution is -0.142. The van der Waals surface area contributed by atoms with Gasteiger partial charge in [-0.2, -0.15) is 0 Å². The van der Waals surface area contributed by atoms with E-state index in [-0.39, 0.29) is 11.8 Å². The number of amides is 1.